The Labute approximate surface area is 197 Å². The third kappa shape index (κ3) is 11.3. The first-order chi connectivity index (χ1) is 16.1. The standard InChI is InChI=1S/3C9H11NO/c1-3-4-8-5-6-9(11-2)7-10-8;1-3-4-8-5-6-10-9(7-8)11-2;1-3-4-8-5-6-9(11-2)10-7-8/h3*3-7H,1-2H3/b3*4-3+. The van der Waals surface area contributed by atoms with Gasteiger partial charge in [0.15, 0.2) is 0 Å². The van der Waals surface area contributed by atoms with Gasteiger partial charge in [0.2, 0.25) is 11.8 Å². The minimum Gasteiger partial charge on any atom is -0.495 e. The molecule has 3 aromatic heterocycles. The monoisotopic (exact) mass is 447 g/mol. The van der Waals surface area contributed by atoms with Gasteiger partial charge in [0.05, 0.1) is 33.2 Å². The lowest BCUT2D eigenvalue weighted by atomic mass is 10.2. The van der Waals surface area contributed by atoms with Gasteiger partial charge < -0.3 is 14.2 Å². The fourth-order valence-electron chi connectivity index (χ4n) is 2.42. The van der Waals surface area contributed by atoms with Crippen molar-refractivity contribution in [2.75, 3.05) is 21.3 Å². The van der Waals surface area contributed by atoms with Gasteiger partial charge in [-0.25, -0.2) is 9.97 Å². The van der Waals surface area contributed by atoms with E-state index in [4.69, 9.17) is 14.2 Å². The molecule has 0 spiro atoms. The van der Waals surface area contributed by atoms with Crippen LogP contribution in [0.3, 0.4) is 0 Å². The number of methoxy groups -OCH3 is 3. The Kier molecular flexibility index (Phi) is 13.7. The van der Waals surface area contributed by atoms with E-state index in [2.05, 4.69) is 15.0 Å². The highest BCUT2D eigenvalue weighted by Gasteiger charge is 1.91. The van der Waals surface area contributed by atoms with E-state index < -0.39 is 0 Å². The van der Waals surface area contributed by atoms with Gasteiger partial charge in [-0.2, -0.15) is 0 Å². The van der Waals surface area contributed by atoms with Crippen molar-refractivity contribution < 1.29 is 14.2 Å². The Hall–Kier alpha value is -3.93. The molecule has 0 aliphatic heterocycles. The van der Waals surface area contributed by atoms with E-state index >= 15 is 0 Å². The van der Waals surface area contributed by atoms with Gasteiger partial charge in [-0.05, 0) is 62.2 Å². The van der Waals surface area contributed by atoms with Crippen LogP contribution in [0, 0.1) is 0 Å². The van der Waals surface area contributed by atoms with Crippen LogP contribution in [0.1, 0.15) is 37.6 Å². The molecule has 6 nitrogen and oxygen atoms in total. The van der Waals surface area contributed by atoms with E-state index in [1.165, 1.54) is 0 Å². The second-order valence-electron chi connectivity index (χ2n) is 6.39. The number of hydrogen-bond acceptors (Lipinski definition) is 6. The van der Waals surface area contributed by atoms with Crippen molar-refractivity contribution in [2.24, 2.45) is 0 Å². The number of nitrogens with zero attached hydrogens (tertiary/aromatic N) is 3. The lowest BCUT2D eigenvalue weighted by Gasteiger charge is -1.97. The molecule has 0 radical (unpaired) electrons. The molecular formula is C27H33N3O3. The van der Waals surface area contributed by atoms with Crippen LogP contribution in [0.15, 0.2) is 73.2 Å². The molecule has 0 N–H and O–H groups in total. The van der Waals surface area contributed by atoms with Crippen LogP contribution in [0.4, 0.5) is 0 Å². The summed E-state index contributed by atoms with van der Waals surface area (Å²) in [6.45, 7) is 5.92. The summed E-state index contributed by atoms with van der Waals surface area (Å²) >= 11 is 0. The highest BCUT2D eigenvalue weighted by molar-refractivity contribution is 5.49. The van der Waals surface area contributed by atoms with Gasteiger partial charge in [0.25, 0.3) is 0 Å². The average Bonchev–Trinajstić information content (AvgIpc) is 2.86. The summed E-state index contributed by atoms with van der Waals surface area (Å²) in [5.74, 6) is 2.09. The molecule has 0 aliphatic carbocycles. The SMILES string of the molecule is C/C=C/c1ccc(OC)cn1.C/C=C/c1ccc(OC)nc1.C/C=C/c1ccnc(OC)c1. The van der Waals surface area contributed by atoms with E-state index in [-0.39, 0.29) is 0 Å². The molecule has 174 valence electrons. The molecule has 0 unspecified atom stereocenters. The highest BCUT2D eigenvalue weighted by Crippen LogP contribution is 2.10. The zero-order valence-electron chi connectivity index (χ0n) is 20.2. The van der Waals surface area contributed by atoms with Gasteiger partial charge in [-0.1, -0.05) is 30.4 Å². The maximum atomic E-state index is 4.96. The molecule has 0 bridgehead atoms. The van der Waals surface area contributed by atoms with Crippen LogP contribution >= 0.6 is 0 Å². The van der Waals surface area contributed by atoms with Gasteiger partial charge in [0, 0.05) is 24.5 Å². The smallest absolute Gasteiger partial charge is 0.213 e. The predicted octanol–water partition coefficient (Wildman–Crippen LogP) is 6.37. The largest absolute Gasteiger partial charge is 0.495 e. The van der Waals surface area contributed by atoms with Crippen molar-refractivity contribution in [3.63, 3.8) is 0 Å². The molecule has 0 fully saturated rings. The number of rotatable bonds is 6. The molecule has 0 saturated carbocycles. The summed E-state index contributed by atoms with van der Waals surface area (Å²) in [5.41, 5.74) is 3.15. The Morgan fingerprint density at radius 2 is 1.30 bits per heavy atom. The summed E-state index contributed by atoms with van der Waals surface area (Å²) < 4.78 is 14.8. The fraction of sp³-hybridized carbons (Fsp3) is 0.222. The number of ether oxygens (including phenoxy) is 3. The molecule has 0 aromatic carbocycles. The Balaban J connectivity index is 0.000000247. The number of pyridine rings is 3. The molecule has 33 heavy (non-hydrogen) atoms. The Morgan fingerprint density at radius 1 is 0.606 bits per heavy atom. The first-order valence-corrected chi connectivity index (χ1v) is 10.5. The lowest BCUT2D eigenvalue weighted by molar-refractivity contribution is 0.397. The van der Waals surface area contributed by atoms with Gasteiger partial charge >= 0.3 is 0 Å². The van der Waals surface area contributed by atoms with Crippen molar-refractivity contribution in [1.82, 2.24) is 15.0 Å². The quantitative estimate of drug-likeness (QED) is 0.437. The second-order valence-corrected chi connectivity index (χ2v) is 6.39. The highest BCUT2D eigenvalue weighted by atomic mass is 16.5. The minimum atomic E-state index is 0.651. The van der Waals surface area contributed by atoms with Gasteiger partial charge in [-0.3, -0.25) is 4.98 Å². The van der Waals surface area contributed by atoms with Crippen LogP contribution in [0.5, 0.6) is 17.5 Å². The maximum absolute atomic E-state index is 4.96. The molecule has 0 saturated heterocycles. The van der Waals surface area contributed by atoms with Crippen LogP contribution in [-0.2, 0) is 0 Å². The van der Waals surface area contributed by atoms with E-state index in [1.807, 2.05) is 93.6 Å². The number of aromatic nitrogens is 3. The zero-order valence-corrected chi connectivity index (χ0v) is 20.2. The van der Waals surface area contributed by atoms with Crippen molar-refractivity contribution in [2.45, 2.75) is 20.8 Å². The topological polar surface area (TPSA) is 66.4 Å². The van der Waals surface area contributed by atoms with Gasteiger partial charge in [-0.15, -0.1) is 0 Å². The summed E-state index contributed by atoms with van der Waals surface area (Å²) in [6.07, 6.45) is 17.1. The Morgan fingerprint density at radius 3 is 1.82 bits per heavy atom. The Bertz CT molecular complexity index is 940. The molecule has 3 rings (SSSR count). The molecule has 3 heterocycles. The van der Waals surface area contributed by atoms with E-state index in [0.29, 0.717) is 11.8 Å². The summed E-state index contributed by atoms with van der Waals surface area (Å²) in [5, 5.41) is 0. The first-order valence-electron chi connectivity index (χ1n) is 10.5. The fourth-order valence-corrected chi connectivity index (χ4v) is 2.42. The van der Waals surface area contributed by atoms with Crippen LogP contribution in [0.25, 0.3) is 18.2 Å². The van der Waals surface area contributed by atoms with E-state index in [9.17, 15) is 0 Å². The normalized spacial score (nSPS) is 10.4. The van der Waals surface area contributed by atoms with Crippen molar-refractivity contribution in [3.8, 4) is 17.5 Å². The third-order valence-electron chi connectivity index (χ3n) is 3.99. The van der Waals surface area contributed by atoms with Crippen molar-refractivity contribution in [3.05, 3.63) is 90.0 Å². The first kappa shape index (κ1) is 27.1. The molecular weight excluding hydrogens is 414 g/mol. The van der Waals surface area contributed by atoms with Crippen molar-refractivity contribution in [1.29, 1.82) is 0 Å². The summed E-state index contributed by atoms with van der Waals surface area (Å²) in [4.78, 5) is 12.2. The van der Waals surface area contributed by atoms with Crippen LogP contribution in [0.2, 0.25) is 0 Å². The third-order valence-corrected chi connectivity index (χ3v) is 3.99. The van der Waals surface area contributed by atoms with Crippen LogP contribution < -0.4 is 14.2 Å². The molecule has 3 aromatic rings. The maximum Gasteiger partial charge on any atom is 0.213 e. The number of hydrogen-bond donors (Lipinski definition) is 0. The molecule has 0 aliphatic rings. The van der Waals surface area contributed by atoms with Gasteiger partial charge in [0.1, 0.15) is 5.75 Å². The summed E-state index contributed by atoms with van der Waals surface area (Å²) in [6, 6.07) is 11.4. The second kappa shape index (κ2) is 16.7. The van der Waals surface area contributed by atoms with E-state index in [1.54, 1.807) is 39.9 Å². The minimum absolute atomic E-state index is 0.651. The molecule has 0 amide bonds. The van der Waals surface area contributed by atoms with Crippen LogP contribution in [-0.4, -0.2) is 36.3 Å². The molecule has 0 atom stereocenters. The predicted molar refractivity (Wildman–Crippen MR) is 136 cm³/mol. The molecule has 6 heteroatoms. The number of allylic oxidation sites excluding steroid dienone is 3. The van der Waals surface area contributed by atoms with Crippen molar-refractivity contribution >= 4 is 18.2 Å². The summed E-state index contributed by atoms with van der Waals surface area (Å²) in [7, 11) is 4.85. The average molecular weight is 448 g/mol. The lowest BCUT2D eigenvalue weighted by Crippen LogP contribution is -1.86. The zero-order chi connectivity index (χ0) is 24.3. The van der Waals surface area contributed by atoms with E-state index in [0.717, 1.165) is 22.6 Å².